The van der Waals surface area contributed by atoms with E-state index in [4.69, 9.17) is 0 Å². The second-order valence-electron chi connectivity index (χ2n) is 7.46. The first-order chi connectivity index (χ1) is 14.0. The van der Waals surface area contributed by atoms with Gasteiger partial charge in [0.15, 0.2) is 0 Å². The lowest BCUT2D eigenvalue weighted by molar-refractivity contribution is 0.0948. The van der Waals surface area contributed by atoms with Gasteiger partial charge in [-0.05, 0) is 68.8 Å². The van der Waals surface area contributed by atoms with Crippen LogP contribution in [-0.4, -0.2) is 45.4 Å². The fourth-order valence-corrected chi connectivity index (χ4v) is 4.60. The standard InChI is InChI=1S/C22H29N3O3S/c1-18-8-4-5-9-21(18)24-29(27,28)20-12-10-19(11-13-20)22(26)23-14-17-25-15-6-2-3-7-16-25/h4-5,8-13,24H,2-3,6-7,14-17H2,1H3,(H,23,26). The van der Waals surface area contributed by atoms with Crippen molar-refractivity contribution in [2.45, 2.75) is 37.5 Å². The number of hydrogen-bond acceptors (Lipinski definition) is 4. The number of likely N-dealkylation sites (tertiary alicyclic amines) is 1. The number of anilines is 1. The number of rotatable bonds is 7. The van der Waals surface area contributed by atoms with Crippen molar-refractivity contribution < 1.29 is 13.2 Å². The molecule has 0 saturated carbocycles. The van der Waals surface area contributed by atoms with E-state index < -0.39 is 10.0 Å². The zero-order chi connectivity index (χ0) is 20.7. The lowest BCUT2D eigenvalue weighted by Crippen LogP contribution is -2.35. The van der Waals surface area contributed by atoms with Gasteiger partial charge in [-0.25, -0.2) is 8.42 Å². The van der Waals surface area contributed by atoms with Crippen molar-refractivity contribution in [2.75, 3.05) is 30.9 Å². The monoisotopic (exact) mass is 415 g/mol. The van der Waals surface area contributed by atoms with Crippen LogP contribution in [-0.2, 0) is 10.0 Å². The van der Waals surface area contributed by atoms with Crippen LogP contribution in [0.4, 0.5) is 5.69 Å². The maximum atomic E-state index is 12.6. The number of carbonyl (C=O) groups is 1. The molecule has 1 fully saturated rings. The molecular formula is C22H29N3O3S. The number of benzene rings is 2. The van der Waals surface area contributed by atoms with Gasteiger partial charge in [-0.1, -0.05) is 31.0 Å². The summed E-state index contributed by atoms with van der Waals surface area (Å²) < 4.78 is 27.8. The van der Waals surface area contributed by atoms with Gasteiger partial charge in [-0.15, -0.1) is 0 Å². The highest BCUT2D eigenvalue weighted by Crippen LogP contribution is 2.19. The topological polar surface area (TPSA) is 78.5 Å². The molecule has 0 bridgehead atoms. The summed E-state index contributed by atoms with van der Waals surface area (Å²) in [4.78, 5) is 14.9. The summed E-state index contributed by atoms with van der Waals surface area (Å²) in [6, 6.07) is 13.2. The van der Waals surface area contributed by atoms with Gasteiger partial charge < -0.3 is 10.2 Å². The first kappa shape index (κ1) is 21.3. The summed E-state index contributed by atoms with van der Waals surface area (Å²) in [5, 5.41) is 2.93. The van der Waals surface area contributed by atoms with E-state index in [0.29, 0.717) is 17.8 Å². The molecule has 29 heavy (non-hydrogen) atoms. The summed E-state index contributed by atoms with van der Waals surface area (Å²) >= 11 is 0. The van der Waals surface area contributed by atoms with E-state index in [0.717, 1.165) is 25.2 Å². The van der Waals surface area contributed by atoms with Crippen molar-refractivity contribution >= 4 is 21.6 Å². The zero-order valence-corrected chi connectivity index (χ0v) is 17.7. The lowest BCUT2D eigenvalue weighted by Gasteiger charge is -2.19. The van der Waals surface area contributed by atoms with E-state index in [9.17, 15) is 13.2 Å². The van der Waals surface area contributed by atoms with E-state index in [1.807, 2.05) is 19.1 Å². The van der Waals surface area contributed by atoms with Crippen LogP contribution in [0.25, 0.3) is 0 Å². The predicted molar refractivity (Wildman–Crippen MR) is 116 cm³/mol. The van der Waals surface area contributed by atoms with Crippen LogP contribution in [0, 0.1) is 6.92 Å². The highest BCUT2D eigenvalue weighted by molar-refractivity contribution is 7.92. The van der Waals surface area contributed by atoms with Crippen molar-refractivity contribution in [1.82, 2.24) is 10.2 Å². The Morgan fingerprint density at radius 3 is 2.28 bits per heavy atom. The molecule has 1 saturated heterocycles. The number of amides is 1. The van der Waals surface area contributed by atoms with Crippen LogP contribution in [0.2, 0.25) is 0 Å². The molecule has 2 aromatic carbocycles. The van der Waals surface area contributed by atoms with Gasteiger partial charge in [0, 0.05) is 18.7 Å². The van der Waals surface area contributed by atoms with Crippen molar-refractivity contribution in [1.29, 1.82) is 0 Å². The number of carbonyl (C=O) groups excluding carboxylic acids is 1. The minimum atomic E-state index is -3.70. The average Bonchev–Trinajstić information content (AvgIpc) is 2.98. The summed E-state index contributed by atoms with van der Waals surface area (Å²) in [5.41, 5.74) is 1.84. The van der Waals surface area contributed by atoms with Crippen molar-refractivity contribution in [3.63, 3.8) is 0 Å². The van der Waals surface area contributed by atoms with Crippen molar-refractivity contribution in [3.05, 3.63) is 59.7 Å². The summed E-state index contributed by atoms with van der Waals surface area (Å²) in [6.45, 7) is 5.47. The first-order valence-corrected chi connectivity index (χ1v) is 11.6. The van der Waals surface area contributed by atoms with Crippen LogP contribution < -0.4 is 10.0 Å². The minimum absolute atomic E-state index is 0.127. The molecule has 1 aliphatic heterocycles. The molecule has 156 valence electrons. The second-order valence-corrected chi connectivity index (χ2v) is 9.14. The molecular weight excluding hydrogens is 386 g/mol. The molecule has 1 heterocycles. The van der Waals surface area contributed by atoms with Crippen molar-refractivity contribution in [2.24, 2.45) is 0 Å². The molecule has 1 amide bonds. The van der Waals surface area contributed by atoms with Crippen LogP contribution in [0.1, 0.15) is 41.6 Å². The molecule has 0 atom stereocenters. The maximum absolute atomic E-state index is 12.6. The Morgan fingerprint density at radius 2 is 1.62 bits per heavy atom. The Bertz CT molecular complexity index is 919. The number of hydrogen-bond donors (Lipinski definition) is 2. The molecule has 0 aliphatic carbocycles. The first-order valence-electron chi connectivity index (χ1n) is 10.1. The summed E-state index contributed by atoms with van der Waals surface area (Å²) in [5.74, 6) is -0.185. The number of nitrogens with one attached hydrogen (secondary N) is 2. The number of nitrogens with zero attached hydrogens (tertiary/aromatic N) is 1. The predicted octanol–water partition coefficient (Wildman–Crippen LogP) is 3.40. The second kappa shape index (κ2) is 9.89. The quantitative estimate of drug-likeness (QED) is 0.726. The van der Waals surface area contributed by atoms with Gasteiger partial charge >= 0.3 is 0 Å². The molecule has 0 spiro atoms. The minimum Gasteiger partial charge on any atom is -0.351 e. The third-order valence-corrected chi connectivity index (χ3v) is 6.61. The molecule has 6 nitrogen and oxygen atoms in total. The van der Waals surface area contributed by atoms with Gasteiger partial charge in [0.05, 0.1) is 10.6 Å². The van der Waals surface area contributed by atoms with E-state index in [-0.39, 0.29) is 10.8 Å². The Balaban J connectivity index is 1.56. The summed E-state index contributed by atoms with van der Waals surface area (Å²) in [6.07, 6.45) is 5.02. The van der Waals surface area contributed by atoms with Crippen LogP contribution in [0.5, 0.6) is 0 Å². The molecule has 0 unspecified atom stereocenters. The molecule has 0 aromatic heterocycles. The number of para-hydroxylation sites is 1. The Kier molecular flexibility index (Phi) is 7.28. The van der Waals surface area contributed by atoms with E-state index in [1.165, 1.54) is 37.8 Å². The number of aryl methyl sites for hydroxylation is 1. The normalized spacial score (nSPS) is 15.5. The van der Waals surface area contributed by atoms with Gasteiger partial charge in [0.25, 0.3) is 15.9 Å². The van der Waals surface area contributed by atoms with E-state index in [1.54, 1.807) is 24.3 Å². The van der Waals surface area contributed by atoms with Gasteiger partial charge in [0.2, 0.25) is 0 Å². The van der Waals surface area contributed by atoms with Crippen molar-refractivity contribution in [3.8, 4) is 0 Å². The Hall–Kier alpha value is -2.38. The Labute approximate surface area is 173 Å². The smallest absolute Gasteiger partial charge is 0.261 e. The SMILES string of the molecule is Cc1ccccc1NS(=O)(=O)c1ccc(C(=O)NCCN2CCCCCC2)cc1. The third-order valence-electron chi connectivity index (χ3n) is 5.23. The van der Waals surface area contributed by atoms with Crippen LogP contribution in [0.15, 0.2) is 53.4 Å². The van der Waals surface area contributed by atoms with Gasteiger partial charge in [0.1, 0.15) is 0 Å². The van der Waals surface area contributed by atoms with Gasteiger partial charge in [-0.2, -0.15) is 0 Å². The van der Waals surface area contributed by atoms with E-state index >= 15 is 0 Å². The molecule has 2 aromatic rings. The third kappa shape index (κ3) is 6.05. The molecule has 0 radical (unpaired) electrons. The van der Waals surface area contributed by atoms with Crippen LogP contribution >= 0.6 is 0 Å². The number of sulfonamides is 1. The lowest BCUT2D eigenvalue weighted by atomic mass is 10.2. The molecule has 2 N–H and O–H groups in total. The fourth-order valence-electron chi connectivity index (χ4n) is 3.47. The fraction of sp³-hybridized carbons (Fsp3) is 0.409. The molecule has 1 aliphatic rings. The maximum Gasteiger partial charge on any atom is 0.261 e. The molecule has 7 heteroatoms. The Morgan fingerprint density at radius 1 is 0.966 bits per heavy atom. The average molecular weight is 416 g/mol. The van der Waals surface area contributed by atoms with Crippen LogP contribution in [0.3, 0.4) is 0 Å². The summed E-state index contributed by atoms with van der Waals surface area (Å²) in [7, 11) is -3.70. The van der Waals surface area contributed by atoms with E-state index in [2.05, 4.69) is 14.9 Å². The van der Waals surface area contributed by atoms with Gasteiger partial charge in [-0.3, -0.25) is 9.52 Å². The zero-order valence-electron chi connectivity index (χ0n) is 16.9. The highest BCUT2D eigenvalue weighted by Gasteiger charge is 2.16. The highest BCUT2D eigenvalue weighted by atomic mass is 32.2. The largest absolute Gasteiger partial charge is 0.351 e. The molecule has 3 rings (SSSR count).